The Labute approximate surface area is 181 Å². The van der Waals surface area contributed by atoms with E-state index >= 15 is 0 Å². The van der Waals surface area contributed by atoms with Crippen LogP contribution in [0.4, 0.5) is 0 Å². The lowest BCUT2D eigenvalue weighted by atomic mass is 9.93. The molecule has 3 aromatic rings. The summed E-state index contributed by atoms with van der Waals surface area (Å²) in [6.45, 7) is 11.6. The number of carboxylic acid groups (broad SMARTS) is 1. The van der Waals surface area contributed by atoms with E-state index in [1.807, 2.05) is 32.2 Å². The third kappa shape index (κ3) is 3.98. The number of hydrogen-bond donors (Lipinski definition) is 2. The summed E-state index contributed by atoms with van der Waals surface area (Å²) in [5, 5.41) is 16.6. The Kier molecular flexibility index (Phi) is 6.59. The quantitative estimate of drug-likeness (QED) is 0.615. The first-order chi connectivity index (χ1) is 14.8. The van der Waals surface area contributed by atoms with Crippen LogP contribution in [0.5, 0.6) is 0 Å². The third-order valence-corrected chi connectivity index (χ3v) is 5.76. The molecule has 0 radical (unpaired) electrons. The normalized spacial score (nSPS) is 14.7. The zero-order valence-corrected chi connectivity index (χ0v) is 18.5. The first-order valence-electron chi connectivity index (χ1n) is 10.6. The van der Waals surface area contributed by atoms with Gasteiger partial charge in [-0.25, -0.2) is 9.48 Å². The summed E-state index contributed by atoms with van der Waals surface area (Å²) < 4.78 is 1.15. The number of benzene rings is 1. The van der Waals surface area contributed by atoms with Gasteiger partial charge in [-0.15, -0.1) is 0 Å². The number of carboxylic acids is 1. The van der Waals surface area contributed by atoms with Crippen LogP contribution in [-0.2, 0) is 4.79 Å². The molecular weight excluding hydrogens is 390 g/mol. The predicted octanol–water partition coefficient (Wildman–Crippen LogP) is 3.38. The van der Waals surface area contributed by atoms with Gasteiger partial charge >= 0.3 is 5.97 Å². The van der Waals surface area contributed by atoms with Gasteiger partial charge in [0.05, 0.1) is 5.69 Å². The lowest BCUT2D eigenvalue weighted by Crippen LogP contribution is -2.50. The molecule has 0 fully saturated rings. The summed E-state index contributed by atoms with van der Waals surface area (Å²) in [4.78, 5) is 28.5. The van der Waals surface area contributed by atoms with Gasteiger partial charge in [-0.3, -0.25) is 4.79 Å². The Morgan fingerprint density at radius 1 is 1.35 bits per heavy atom. The summed E-state index contributed by atoms with van der Waals surface area (Å²) in [6, 6.07) is 5.08. The van der Waals surface area contributed by atoms with E-state index in [2.05, 4.69) is 29.7 Å². The number of hydrogen-bond acceptors (Lipinski definition) is 3. The largest absolute Gasteiger partial charge is 0.480 e. The number of carbonyl (C=O) groups is 1. The molecule has 0 aliphatic rings. The molecule has 0 bridgehead atoms. The number of H-pyrrole nitrogens is 1. The van der Waals surface area contributed by atoms with Crippen LogP contribution in [0.3, 0.4) is 0 Å². The molecule has 2 N–H and O–H groups in total. The van der Waals surface area contributed by atoms with Gasteiger partial charge < -0.3 is 10.1 Å². The van der Waals surface area contributed by atoms with Crippen molar-refractivity contribution in [3.05, 3.63) is 74.7 Å². The van der Waals surface area contributed by atoms with E-state index in [-0.39, 0.29) is 5.92 Å². The number of aromatic amines is 1. The van der Waals surface area contributed by atoms with Crippen LogP contribution < -0.4 is 16.0 Å². The van der Waals surface area contributed by atoms with Crippen LogP contribution in [0.2, 0.25) is 0 Å². The zero-order chi connectivity index (χ0) is 22.7. The van der Waals surface area contributed by atoms with Gasteiger partial charge in [-0.05, 0) is 37.5 Å². The van der Waals surface area contributed by atoms with E-state index in [0.29, 0.717) is 29.0 Å². The van der Waals surface area contributed by atoms with Gasteiger partial charge in [-0.1, -0.05) is 57.2 Å². The first kappa shape index (κ1) is 22.3. The molecule has 0 saturated carbocycles. The summed E-state index contributed by atoms with van der Waals surface area (Å²) in [7, 11) is 0. The molecule has 162 valence electrons. The molecule has 2 unspecified atom stereocenters. The lowest BCUT2D eigenvalue weighted by Gasteiger charge is -2.18. The molecular formula is C25H29N3O3. The van der Waals surface area contributed by atoms with Crippen molar-refractivity contribution >= 4 is 29.0 Å². The number of rotatable bonds is 7. The average molecular weight is 420 g/mol. The minimum Gasteiger partial charge on any atom is -0.480 e. The number of allylic oxidation sites excluding steroid dienone is 1. The van der Waals surface area contributed by atoms with Crippen molar-refractivity contribution in [1.29, 1.82) is 0 Å². The highest BCUT2D eigenvalue weighted by Crippen LogP contribution is 2.30. The number of aliphatic carboxylic acids is 1. The van der Waals surface area contributed by atoms with Gasteiger partial charge in [0.25, 0.3) is 5.56 Å². The van der Waals surface area contributed by atoms with Gasteiger partial charge in [-0.2, -0.15) is 5.10 Å². The van der Waals surface area contributed by atoms with Crippen molar-refractivity contribution in [3.63, 3.8) is 0 Å². The van der Waals surface area contributed by atoms with Crippen LogP contribution in [-0.4, -0.2) is 25.8 Å². The molecule has 0 spiro atoms. The Morgan fingerprint density at radius 2 is 2.10 bits per heavy atom. The van der Waals surface area contributed by atoms with E-state index in [0.717, 1.165) is 26.7 Å². The average Bonchev–Trinajstić information content (AvgIpc) is 3.18. The minimum absolute atomic E-state index is 0.178. The highest BCUT2D eigenvalue weighted by Gasteiger charge is 2.25. The van der Waals surface area contributed by atoms with Gasteiger partial charge in [0.2, 0.25) is 0 Å². The smallest absolute Gasteiger partial charge is 0.328 e. The van der Waals surface area contributed by atoms with Crippen molar-refractivity contribution < 1.29 is 9.90 Å². The van der Waals surface area contributed by atoms with Crippen LogP contribution in [0, 0.1) is 6.92 Å². The Balaban J connectivity index is 2.38. The highest BCUT2D eigenvalue weighted by molar-refractivity contribution is 5.87. The van der Waals surface area contributed by atoms with Gasteiger partial charge in [0, 0.05) is 33.5 Å². The molecule has 0 amide bonds. The summed E-state index contributed by atoms with van der Waals surface area (Å²) >= 11 is 0. The second-order valence-electron chi connectivity index (χ2n) is 7.76. The third-order valence-electron chi connectivity index (χ3n) is 5.76. The Morgan fingerprint density at radius 3 is 2.71 bits per heavy atom. The number of nitrogens with zero attached hydrogens (tertiary/aromatic N) is 2. The maximum absolute atomic E-state index is 13.2. The lowest BCUT2D eigenvalue weighted by molar-refractivity contribution is -0.141. The predicted molar refractivity (Wildman–Crippen MR) is 125 cm³/mol. The molecule has 3 rings (SSSR count). The molecule has 6 nitrogen and oxygen atoms in total. The molecule has 0 aliphatic carbocycles. The number of aryl methyl sites for hydroxylation is 1. The van der Waals surface area contributed by atoms with E-state index in [9.17, 15) is 14.7 Å². The van der Waals surface area contributed by atoms with Gasteiger partial charge in [0.1, 0.15) is 0 Å². The van der Waals surface area contributed by atoms with Gasteiger partial charge in [0.15, 0.2) is 6.04 Å². The standard InChI is InChI=1S/C25H29N3O3/c1-6-10-18-17(8-3)24(29)28(21(11-7-2)25(30)31)27-23(18)16(5)19-14-26-20-13-9-12-15(4)22(19)20/h6,8-10,12-14,16,21,26H,1,7,11H2,2-5H3,(H,30,31). The maximum Gasteiger partial charge on any atom is 0.328 e. The second kappa shape index (κ2) is 9.16. The first-order valence-corrected chi connectivity index (χ1v) is 10.6. The maximum atomic E-state index is 13.2. The highest BCUT2D eigenvalue weighted by atomic mass is 16.4. The van der Waals surface area contributed by atoms with Crippen molar-refractivity contribution in [2.75, 3.05) is 0 Å². The van der Waals surface area contributed by atoms with Crippen LogP contribution in [0.25, 0.3) is 23.1 Å². The van der Waals surface area contributed by atoms with Crippen LogP contribution >= 0.6 is 0 Å². The summed E-state index contributed by atoms with van der Waals surface area (Å²) in [5.41, 5.74) is 3.47. The van der Waals surface area contributed by atoms with E-state index < -0.39 is 17.6 Å². The number of nitrogens with one attached hydrogen (secondary N) is 1. The molecule has 31 heavy (non-hydrogen) atoms. The van der Waals surface area contributed by atoms with E-state index in [1.54, 1.807) is 25.2 Å². The fourth-order valence-corrected chi connectivity index (χ4v) is 4.21. The Hall–Kier alpha value is -3.41. The number of aromatic nitrogens is 3. The van der Waals surface area contributed by atoms with Crippen molar-refractivity contribution in [2.24, 2.45) is 0 Å². The second-order valence-corrected chi connectivity index (χ2v) is 7.76. The van der Waals surface area contributed by atoms with E-state index in [1.165, 1.54) is 0 Å². The number of fused-ring (bicyclic) bond motifs is 1. The van der Waals surface area contributed by atoms with E-state index in [4.69, 9.17) is 0 Å². The molecule has 1 aromatic carbocycles. The summed E-state index contributed by atoms with van der Waals surface area (Å²) in [6.07, 6.45) is 8.05. The fourth-order valence-electron chi connectivity index (χ4n) is 4.21. The zero-order valence-electron chi connectivity index (χ0n) is 18.5. The molecule has 2 atom stereocenters. The molecule has 0 saturated heterocycles. The van der Waals surface area contributed by atoms with Crippen LogP contribution in [0.1, 0.15) is 62.4 Å². The molecule has 6 heteroatoms. The minimum atomic E-state index is -1.06. The van der Waals surface area contributed by atoms with Crippen molar-refractivity contribution in [1.82, 2.24) is 14.8 Å². The molecule has 2 aromatic heterocycles. The monoisotopic (exact) mass is 419 g/mol. The van der Waals surface area contributed by atoms with Crippen molar-refractivity contribution in [3.8, 4) is 0 Å². The topological polar surface area (TPSA) is 88.0 Å². The van der Waals surface area contributed by atoms with Crippen LogP contribution in [0.15, 0.2) is 41.8 Å². The SMILES string of the molecule is C=CC=c1c(C(C)c2c[nH]c3cccc(C)c23)nn(C(CCC)C(=O)O)c(=O)c1=CC. The van der Waals surface area contributed by atoms with Crippen molar-refractivity contribution in [2.45, 2.75) is 52.5 Å². The summed E-state index contributed by atoms with van der Waals surface area (Å²) in [5.74, 6) is -1.23. The molecule has 0 aliphatic heterocycles. The Bertz CT molecular complexity index is 1310. The fraction of sp³-hybridized carbons (Fsp3) is 0.320. The molecule has 2 heterocycles.